The first-order valence-electron chi connectivity index (χ1n) is 9.80. The van der Waals surface area contributed by atoms with Crippen molar-refractivity contribution >= 4 is 27.7 Å². The molecule has 32 heavy (non-hydrogen) atoms. The van der Waals surface area contributed by atoms with Crippen LogP contribution in [0.1, 0.15) is 42.5 Å². The zero-order valence-corrected chi connectivity index (χ0v) is 18.2. The van der Waals surface area contributed by atoms with E-state index in [0.29, 0.717) is 0 Å². The number of aryl methyl sites for hydroxylation is 2. The van der Waals surface area contributed by atoms with E-state index in [1.54, 1.807) is 28.9 Å². The molecule has 3 amide bonds. The van der Waals surface area contributed by atoms with Gasteiger partial charge in [0.25, 0.3) is 17.7 Å². The lowest BCUT2D eigenvalue weighted by molar-refractivity contribution is 0.0664. The highest BCUT2D eigenvalue weighted by Gasteiger charge is 2.35. The fraction of sp³-hybridized carbons (Fsp3) is 0.182. The van der Waals surface area contributed by atoms with Crippen LogP contribution in [0.5, 0.6) is 0 Å². The Morgan fingerprint density at radius 1 is 0.969 bits per heavy atom. The number of hydrogen-bond acceptors (Lipinski definition) is 6. The average Bonchev–Trinajstić information content (AvgIpc) is 3.22. The highest BCUT2D eigenvalue weighted by Crippen LogP contribution is 2.22. The summed E-state index contributed by atoms with van der Waals surface area (Å²) in [4.78, 5) is 38.0. The van der Waals surface area contributed by atoms with Crippen LogP contribution in [-0.4, -0.2) is 53.1 Å². The third kappa shape index (κ3) is 4.04. The molecule has 10 heteroatoms. The van der Waals surface area contributed by atoms with Crippen molar-refractivity contribution in [2.75, 3.05) is 12.3 Å². The summed E-state index contributed by atoms with van der Waals surface area (Å²) < 4.78 is 28.5. The summed E-state index contributed by atoms with van der Waals surface area (Å²) in [7, 11) is -4.08. The number of carbonyl (C=O) groups excluding carboxylic acids is 3. The predicted octanol–water partition coefficient (Wildman–Crippen LogP) is 1.84. The molecule has 1 N–H and O–H groups in total. The van der Waals surface area contributed by atoms with Crippen molar-refractivity contribution in [1.82, 2.24) is 19.4 Å². The topological polar surface area (TPSA) is 118 Å². The molecule has 0 radical (unpaired) electrons. The molecule has 4 rings (SSSR count). The molecule has 164 valence electrons. The third-order valence-corrected chi connectivity index (χ3v) is 6.31. The Bertz CT molecular complexity index is 1310. The molecule has 1 aliphatic rings. The van der Waals surface area contributed by atoms with E-state index in [1.165, 1.54) is 24.3 Å². The van der Waals surface area contributed by atoms with Gasteiger partial charge in [0, 0.05) is 17.8 Å². The number of imide groups is 1. The van der Waals surface area contributed by atoms with Crippen LogP contribution >= 0.6 is 0 Å². The molecule has 0 aliphatic carbocycles. The number of hydrogen-bond donors (Lipinski definition) is 1. The molecular formula is C22H20N4O5S. The Balaban J connectivity index is 1.40. The molecule has 0 spiro atoms. The van der Waals surface area contributed by atoms with Gasteiger partial charge in [0.1, 0.15) is 0 Å². The van der Waals surface area contributed by atoms with E-state index in [2.05, 4.69) is 5.10 Å². The molecule has 0 atom stereocenters. The SMILES string of the molecule is Cc1cc(C)n(-c2ccc(C(=O)NS(=O)(=O)CCN3C(=O)c4ccccc4C3=O)cc2)n1. The van der Waals surface area contributed by atoms with Crippen molar-refractivity contribution in [2.45, 2.75) is 13.8 Å². The largest absolute Gasteiger partial charge is 0.273 e. The molecule has 2 heterocycles. The molecule has 1 aliphatic heterocycles. The first kappa shape index (κ1) is 21.4. The normalized spacial score (nSPS) is 13.4. The summed E-state index contributed by atoms with van der Waals surface area (Å²) in [6.07, 6.45) is 0. The Morgan fingerprint density at radius 2 is 1.56 bits per heavy atom. The Labute approximate surface area is 184 Å². The lowest BCUT2D eigenvalue weighted by Gasteiger charge is -2.14. The van der Waals surface area contributed by atoms with Crippen LogP contribution in [0.2, 0.25) is 0 Å². The first-order valence-corrected chi connectivity index (χ1v) is 11.5. The van der Waals surface area contributed by atoms with Crippen LogP contribution in [0.3, 0.4) is 0 Å². The van der Waals surface area contributed by atoms with E-state index >= 15 is 0 Å². The fourth-order valence-electron chi connectivity index (χ4n) is 3.55. The van der Waals surface area contributed by atoms with Gasteiger partial charge in [-0.1, -0.05) is 12.1 Å². The zero-order chi connectivity index (χ0) is 23.0. The van der Waals surface area contributed by atoms with Crippen LogP contribution in [0, 0.1) is 13.8 Å². The summed E-state index contributed by atoms with van der Waals surface area (Å²) >= 11 is 0. The maximum atomic E-state index is 12.4. The van der Waals surface area contributed by atoms with E-state index in [1.807, 2.05) is 24.6 Å². The molecule has 0 saturated carbocycles. The molecule has 0 unspecified atom stereocenters. The smallest absolute Gasteiger partial charge is 0.264 e. The Hall–Kier alpha value is -3.79. The van der Waals surface area contributed by atoms with Gasteiger partial charge in [-0.2, -0.15) is 5.10 Å². The number of benzene rings is 2. The molecule has 9 nitrogen and oxygen atoms in total. The molecule has 1 aromatic heterocycles. The van der Waals surface area contributed by atoms with Crippen LogP contribution < -0.4 is 4.72 Å². The van der Waals surface area contributed by atoms with Crippen molar-refractivity contribution in [3.8, 4) is 5.69 Å². The van der Waals surface area contributed by atoms with E-state index in [-0.39, 0.29) is 23.2 Å². The monoisotopic (exact) mass is 452 g/mol. The number of nitrogens with zero attached hydrogens (tertiary/aromatic N) is 3. The van der Waals surface area contributed by atoms with Gasteiger partial charge in [-0.3, -0.25) is 19.3 Å². The number of nitrogens with one attached hydrogen (secondary N) is 1. The van der Waals surface area contributed by atoms with Crippen LogP contribution in [-0.2, 0) is 10.0 Å². The zero-order valence-electron chi connectivity index (χ0n) is 17.4. The van der Waals surface area contributed by atoms with Gasteiger partial charge in [0.15, 0.2) is 0 Å². The predicted molar refractivity (Wildman–Crippen MR) is 116 cm³/mol. The first-order chi connectivity index (χ1) is 15.2. The van der Waals surface area contributed by atoms with Crippen LogP contribution in [0.25, 0.3) is 5.69 Å². The minimum Gasteiger partial charge on any atom is -0.273 e. The van der Waals surface area contributed by atoms with Crippen molar-refractivity contribution < 1.29 is 22.8 Å². The fourth-order valence-corrected chi connectivity index (χ4v) is 4.47. The summed E-state index contributed by atoms with van der Waals surface area (Å²) in [6.45, 7) is 3.42. The second kappa shape index (κ2) is 8.04. The lowest BCUT2D eigenvalue weighted by atomic mass is 10.1. The van der Waals surface area contributed by atoms with Gasteiger partial charge in [-0.25, -0.2) is 17.8 Å². The quantitative estimate of drug-likeness (QED) is 0.570. The van der Waals surface area contributed by atoms with E-state index in [0.717, 1.165) is 22.0 Å². The molecule has 3 aromatic rings. The van der Waals surface area contributed by atoms with Gasteiger partial charge in [0.05, 0.1) is 28.3 Å². The highest BCUT2D eigenvalue weighted by atomic mass is 32.2. The maximum Gasteiger partial charge on any atom is 0.264 e. The van der Waals surface area contributed by atoms with Gasteiger partial charge in [-0.05, 0) is 56.3 Å². The highest BCUT2D eigenvalue weighted by molar-refractivity contribution is 7.90. The molecular weight excluding hydrogens is 432 g/mol. The lowest BCUT2D eigenvalue weighted by Crippen LogP contribution is -2.39. The maximum absolute atomic E-state index is 12.4. The van der Waals surface area contributed by atoms with Crippen LogP contribution in [0.4, 0.5) is 0 Å². The van der Waals surface area contributed by atoms with Gasteiger partial charge in [-0.15, -0.1) is 0 Å². The molecule has 0 fully saturated rings. The number of aromatic nitrogens is 2. The van der Waals surface area contributed by atoms with Crippen molar-refractivity contribution in [1.29, 1.82) is 0 Å². The minimum atomic E-state index is -4.08. The van der Waals surface area contributed by atoms with Crippen LogP contribution in [0.15, 0.2) is 54.6 Å². The minimum absolute atomic E-state index is 0.152. The van der Waals surface area contributed by atoms with E-state index < -0.39 is 33.5 Å². The Kier molecular flexibility index (Phi) is 5.39. The standard InChI is InChI=1S/C22H20N4O5S/c1-14-13-15(2)26(23-14)17-9-7-16(8-10-17)20(27)24-32(30,31)12-11-25-21(28)18-5-3-4-6-19(18)22(25)29/h3-10,13H,11-12H2,1-2H3,(H,24,27). The molecule has 2 aromatic carbocycles. The van der Waals surface area contributed by atoms with E-state index in [9.17, 15) is 22.8 Å². The number of sulfonamides is 1. The summed E-state index contributed by atoms with van der Waals surface area (Å²) in [5, 5.41) is 4.36. The number of fused-ring (bicyclic) bond motifs is 1. The van der Waals surface area contributed by atoms with Crippen molar-refractivity contribution in [2.24, 2.45) is 0 Å². The second-order valence-corrected chi connectivity index (χ2v) is 9.29. The average molecular weight is 452 g/mol. The van der Waals surface area contributed by atoms with Gasteiger partial charge in [0.2, 0.25) is 10.0 Å². The van der Waals surface area contributed by atoms with Gasteiger partial charge >= 0.3 is 0 Å². The number of carbonyl (C=O) groups is 3. The number of rotatable bonds is 6. The van der Waals surface area contributed by atoms with Crippen molar-refractivity contribution in [3.63, 3.8) is 0 Å². The Morgan fingerprint density at radius 3 is 2.09 bits per heavy atom. The van der Waals surface area contributed by atoms with Crippen molar-refractivity contribution in [3.05, 3.63) is 82.7 Å². The second-order valence-electron chi connectivity index (χ2n) is 7.44. The molecule has 0 saturated heterocycles. The summed E-state index contributed by atoms with van der Waals surface area (Å²) in [5.41, 5.74) is 3.15. The summed E-state index contributed by atoms with van der Waals surface area (Å²) in [6, 6.07) is 14.5. The summed E-state index contributed by atoms with van der Waals surface area (Å²) in [5.74, 6) is -2.49. The number of amides is 3. The van der Waals surface area contributed by atoms with Gasteiger partial charge < -0.3 is 0 Å². The van der Waals surface area contributed by atoms with E-state index in [4.69, 9.17) is 0 Å². The molecule has 0 bridgehead atoms. The third-order valence-electron chi connectivity index (χ3n) is 5.09.